The molecule has 1 atom stereocenters. The summed E-state index contributed by atoms with van der Waals surface area (Å²) in [5.41, 5.74) is 1.89. The molecule has 0 amide bonds. The van der Waals surface area contributed by atoms with E-state index < -0.39 is 11.4 Å². The number of carbonyl (C=O) groups excluding carboxylic acids is 1. The van der Waals surface area contributed by atoms with Gasteiger partial charge in [-0.15, -0.1) is 0 Å². The van der Waals surface area contributed by atoms with E-state index in [4.69, 9.17) is 4.74 Å². The molecular weight excluding hydrogens is 280 g/mol. The van der Waals surface area contributed by atoms with Gasteiger partial charge < -0.3 is 4.74 Å². The van der Waals surface area contributed by atoms with Gasteiger partial charge in [0.15, 0.2) is 6.10 Å². The number of hydrogen-bond donors (Lipinski definition) is 1. The number of thiol groups is 1. The predicted octanol–water partition coefficient (Wildman–Crippen LogP) is 5.00. The van der Waals surface area contributed by atoms with E-state index in [1.54, 1.807) is 0 Å². The van der Waals surface area contributed by atoms with E-state index in [0.717, 1.165) is 21.9 Å². The van der Waals surface area contributed by atoms with E-state index in [1.165, 1.54) is 0 Å². The highest BCUT2D eigenvalue weighted by molar-refractivity contribution is 7.96. The zero-order chi connectivity index (χ0) is 14.7. The summed E-state index contributed by atoms with van der Waals surface area (Å²) >= 11 is 3.77. The molecular formula is C18H14O2S. The Balaban J connectivity index is 2.17. The number of benzene rings is 3. The molecule has 0 aliphatic rings. The molecule has 3 rings (SSSR count). The average molecular weight is 294 g/mol. The highest BCUT2D eigenvalue weighted by Gasteiger charge is 2.19. The van der Waals surface area contributed by atoms with E-state index >= 15 is 0 Å². The largest absolute Gasteiger partial charge is 0.445 e. The first-order valence-corrected chi connectivity index (χ1v) is 7.12. The van der Waals surface area contributed by atoms with Crippen molar-refractivity contribution in [2.24, 2.45) is 0 Å². The van der Waals surface area contributed by atoms with Crippen LogP contribution in [-0.2, 0) is 4.74 Å². The zero-order valence-electron chi connectivity index (χ0n) is 11.3. The van der Waals surface area contributed by atoms with Crippen molar-refractivity contribution >= 4 is 28.7 Å². The van der Waals surface area contributed by atoms with Gasteiger partial charge in [-0.3, -0.25) is 0 Å². The van der Waals surface area contributed by atoms with Crippen LogP contribution in [0, 0.1) is 0 Å². The Hall–Kier alpha value is -2.26. The van der Waals surface area contributed by atoms with Gasteiger partial charge in [-0.05, 0) is 16.3 Å². The molecule has 0 bridgehead atoms. The fraction of sp³-hybridized carbons (Fsp3) is 0.0556. The molecule has 3 aromatic rings. The fourth-order valence-electron chi connectivity index (χ4n) is 2.52. The summed E-state index contributed by atoms with van der Waals surface area (Å²) in [5.74, 6) is 0. The minimum Gasteiger partial charge on any atom is -0.445 e. The van der Waals surface area contributed by atoms with Gasteiger partial charge in [-0.1, -0.05) is 85.4 Å². The minimum absolute atomic E-state index is 0.456. The molecule has 0 radical (unpaired) electrons. The topological polar surface area (TPSA) is 26.3 Å². The van der Waals surface area contributed by atoms with E-state index in [2.05, 4.69) is 12.6 Å². The normalized spacial score (nSPS) is 12.0. The number of fused-ring (bicyclic) bond motifs is 1. The first-order chi connectivity index (χ1) is 10.3. The number of hydrogen-bond acceptors (Lipinski definition) is 2. The maximum Gasteiger partial charge on any atom is 0.365 e. The van der Waals surface area contributed by atoms with E-state index in [9.17, 15) is 4.79 Å². The van der Waals surface area contributed by atoms with Crippen LogP contribution in [-0.4, -0.2) is 5.30 Å². The molecule has 0 aliphatic heterocycles. The van der Waals surface area contributed by atoms with Crippen molar-refractivity contribution in [3.8, 4) is 0 Å². The minimum atomic E-state index is -0.586. The summed E-state index contributed by atoms with van der Waals surface area (Å²) < 4.78 is 5.46. The van der Waals surface area contributed by atoms with Gasteiger partial charge in [0.25, 0.3) is 0 Å². The van der Waals surface area contributed by atoms with Gasteiger partial charge in [0, 0.05) is 5.56 Å². The van der Waals surface area contributed by atoms with Crippen LogP contribution in [0.5, 0.6) is 0 Å². The fourth-order valence-corrected chi connectivity index (χ4v) is 2.62. The Morgan fingerprint density at radius 2 is 1.52 bits per heavy atom. The predicted molar refractivity (Wildman–Crippen MR) is 87.7 cm³/mol. The molecule has 3 aromatic carbocycles. The maximum atomic E-state index is 11.4. The van der Waals surface area contributed by atoms with Crippen LogP contribution in [0.2, 0.25) is 0 Å². The molecule has 0 saturated heterocycles. The molecule has 21 heavy (non-hydrogen) atoms. The second-order valence-electron chi connectivity index (χ2n) is 4.74. The molecule has 0 saturated carbocycles. The van der Waals surface area contributed by atoms with Crippen LogP contribution in [0.1, 0.15) is 17.2 Å². The van der Waals surface area contributed by atoms with Crippen molar-refractivity contribution in [3.05, 3.63) is 83.9 Å². The first kappa shape index (κ1) is 13.7. The summed E-state index contributed by atoms with van der Waals surface area (Å²) in [5, 5.41) is 1.60. The average Bonchev–Trinajstić information content (AvgIpc) is 2.53. The highest BCUT2D eigenvalue weighted by atomic mass is 32.1. The summed E-state index contributed by atoms with van der Waals surface area (Å²) in [6.45, 7) is 0. The Morgan fingerprint density at radius 3 is 2.29 bits per heavy atom. The van der Waals surface area contributed by atoms with Crippen LogP contribution in [0.4, 0.5) is 4.79 Å². The third-order valence-corrected chi connectivity index (χ3v) is 3.53. The summed E-state index contributed by atoms with van der Waals surface area (Å²) in [4.78, 5) is 11.4. The van der Waals surface area contributed by atoms with Crippen molar-refractivity contribution in [2.45, 2.75) is 6.10 Å². The van der Waals surface area contributed by atoms with Gasteiger partial charge in [0.2, 0.25) is 0 Å². The highest BCUT2D eigenvalue weighted by Crippen LogP contribution is 2.32. The van der Waals surface area contributed by atoms with Gasteiger partial charge in [-0.25, -0.2) is 4.79 Å². The smallest absolute Gasteiger partial charge is 0.365 e. The van der Waals surface area contributed by atoms with Gasteiger partial charge in [-0.2, -0.15) is 0 Å². The third-order valence-electron chi connectivity index (χ3n) is 3.43. The zero-order valence-corrected chi connectivity index (χ0v) is 12.2. The SMILES string of the molecule is O=C(S)OC(c1ccccc1)c1cccc2ccccc12. The lowest BCUT2D eigenvalue weighted by Crippen LogP contribution is -2.08. The monoisotopic (exact) mass is 294 g/mol. The first-order valence-electron chi connectivity index (χ1n) is 6.68. The molecule has 0 aromatic heterocycles. The molecule has 104 valence electrons. The lowest BCUT2D eigenvalue weighted by molar-refractivity contribution is 0.145. The van der Waals surface area contributed by atoms with Crippen molar-refractivity contribution < 1.29 is 9.53 Å². The van der Waals surface area contributed by atoms with Crippen molar-refractivity contribution in [3.63, 3.8) is 0 Å². The second-order valence-corrected chi connectivity index (χ2v) is 5.11. The van der Waals surface area contributed by atoms with Crippen molar-refractivity contribution in [1.82, 2.24) is 0 Å². The van der Waals surface area contributed by atoms with Crippen LogP contribution in [0.25, 0.3) is 10.8 Å². The number of rotatable bonds is 3. The summed E-state index contributed by atoms with van der Waals surface area (Å²) in [7, 11) is 0. The van der Waals surface area contributed by atoms with E-state index in [1.807, 2.05) is 72.8 Å². The Kier molecular flexibility index (Phi) is 3.93. The van der Waals surface area contributed by atoms with Crippen molar-refractivity contribution in [2.75, 3.05) is 0 Å². The van der Waals surface area contributed by atoms with Gasteiger partial charge in [0.1, 0.15) is 0 Å². The van der Waals surface area contributed by atoms with Crippen LogP contribution in [0.3, 0.4) is 0 Å². The van der Waals surface area contributed by atoms with Gasteiger partial charge in [0.05, 0.1) is 0 Å². The van der Waals surface area contributed by atoms with Crippen LogP contribution in [0.15, 0.2) is 72.8 Å². The van der Waals surface area contributed by atoms with Crippen LogP contribution >= 0.6 is 12.6 Å². The Labute approximate surface area is 128 Å². The molecule has 0 N–H and O–H groups in total. The molecule has 0 spiro atoms. The quantitative estimate of drug-likeness (QED) is 0.543. The van der Waals surface area contributed by atoms with E-state index in [-0.39, 0.29) is 0 Å². The molecule has 2 nitrogen and oxygen atoms in total. The molecule has 0 fully saturated rings. The Morgan fingerprint density at radius 1 is 0.857 bits per heavy atom. The molecule has 0 heterocycles. The molecule has 1 unspecified atom stereocenters. The molecule has 0 aliphatic carbocycles. The number of carbonyl (C=O) groups is 1. The summed E-state index contributed by atoms with van der Waals surface area (Å²) in [6.07, 6.45) is -0.456. The standard InChI is InChI=1S/C18H14O2S/c19-18(21)20-17(14-8-2-1-3-9-14)16-12-6-10-13-7-4-5-11-15(13)16/h1-12,17H,(H,19,21). The Bertz CT molecular complexity index is 763. The van der Waals surface area contributed by atoms with Crippen LogP contribution < -0.4 is 0 Å². The number of ether oxygens (including phenoxy) is 1. The maximum absolute atomic E-state index is 11.4. The lowest BCUT2D eigenvalue weighted by Gasteiger charge is -2.19. The lowest BCUT2D eigenvalue weighted by atomic mass is 9.96. The van der Waals surface area contributed by atoms with E-state index in [0.29, 0.717) is 0 Å². The van der Waals surface area contributed by atoms with Crippen molar-refractivity contribution in [1.29, 1.82) is 0 Å². The molecule has 3 heteroatoms. The summed E-state index contributed by atoms with van der Waals surface area (Å²) in [6, 6.07) is 23.7. The third kappa shape index (κ3) is 2.93. The second kappa shape index (κ2) is 6.02. The van der Waals surface area contributed by atoms with Gasteiger partial charge >= 0.3 is 5.30 Å².